The quantitative estimate of drug-likeness (QED) is 0.360. The average molecular weight is 268 g/mol. The van der Waals surface area contributed by atoms with Gasteiger partial charge in [0, 0.05) is 6.07 Å². The van der Waals surface area contributed by atoms with Crippen molar-refractivity contribution in [1.29, 1.82) is 0 Å². The molecule has 0 spiro atoms. The number of hydrogen-bond donors (Lipinski definition) is 2. The standard InChI is InChI=1S/C10H8N2O7/c1-19-10(16)11-5-2-3-6(8(13)9(14)15)7(4-5)12(17)18/h2-4H,1H3,(H,11,16)(H,14,15). The van der Waals surface area contributed by atoms with Crippen LogP contribution in [0, 0.1) is 10.1 Å². The van der Waals surface area contributed by atoms with Crippen LogP contribution in [0.3, 0.4) is 0 Å². The van der Waals surface area contributed by atoms with Crippen molar-refractivity contribution < 1.29 is 29.2 Å². The van der Waals surface area contributed by atoms with Crippen LogP contribution in [0.5, 0.6) is 0 Å². The van der Waals surface area contributed by atoms with Crippen molar-refractivity contribution in [1.82, 2.24) is 0 Å². The number of nitrogens with zero attached hydrogens (tertiary/aromatic N) is 1. The number of nitro groups is 1. The van der Waals surface area contributed by atoms with Crippen LogP contribution < -0.4 is 5.32 Å². The molecule has 0 unspecified atom stereocenters. The van der Waals surface area contributed by atoms with E-state index in [-0.39, 0.29) is 5.69 Å². The van der Waals surface area contributed by atoms with Gasteiger partial charge in [-0.2, -0.15) is 0 Å². The summed E-state index contributed by atoms with van der Waals surface area (Å²) in [7, 11) is 1.10. The molecule has 9 nitrogen and oxygen atoms in total. The van der Waals surface area contributed by atoms with Crippen molar-refractivity contribution in [2.24, 2.45) is 0 Å². The number of aliphatic carboxylic acids is 1. The molecule has 2 N–H and O–H groups in total. The summed E-state index contributed by atoms with van der Waals surface area (Å²) >= 11 is 0. The second-order valence-electron chi connectivity index (χ2n) is 3.24. The van der Waals surface area contributed by atoms with E-state index >= 15 is 0 Å². The van der Waals surface area contributed by atoms with Crippen LogP contribution in [0.15, 0.2) is 18.2 Å². The Kier molecular flexibility index (Phi) is 4.14. The largest absolute Gasteiger partial charge is 0.475 e. The lowest BCUT2D eigenvalue weighted by molar-refractivity contribution is -0.385. The second kappa shape index (κ2) is 5.58. The first kappa shape index (κ1) is 14.1. The molecule has 1 aromatic rings. The summed E-state index contributed by atoms with van der Waals surface area (Å²) in [6.07, 6.45) is -0.855. The average Bonchev–Trinajstić information content (AvgIpc) is 2.37. The Balaban J connectivity index is 3.22. The van der Waals surface area contributed by atoms with E-state index in [2.05, 4.69) is 10.1 Å². The minimum absolute atomic E-state index is 0.000453. The maximum atomic E-state index is 11.2. The van der Waals surface area contributed by atoms with Gasteiger partial charge in [0.05, 0.1) is 17.7 Å². The van der Waals surface area contributed by atoms with Gasteiger partial charge in [0.15, 0.2) is 0 Å². The Bertz CT molecular complexity index is 567. The molecule has 0 aliphatic carbocycles. The van der Waals surface area contributed by atoms with Gasteiger partial charge in [-0.3, -0.25) is 20.2 Å². The van der Waals surface area contributed by atoms with Gasteiger partial charge < -0.3 is 9.84 Å². The summed E-state index contributed by atoms with van der Waals surface area (Å²) in [5.41, 5.74) is -1.30. The first-order chi connectivity index (χ1) is 8.86. The molecular weight excluding hydrogens is 260 g/mol. The molecule has 9 heteroatoms. The molecule has 0 heterocycles. The number of rotatable bonds is 4. The fourth-order valence-electron chi connectivity index (χ4n) is 1.24. The zero-order valence-electron chi connectivity index (χ0n) is 9.58. The molecule has 0 aliphatic heterocycles. The fourth-order valence-corrected chi connectivity index (χ4v) is 1.24. The monoisotopic (exact) mass is 268 g/mol. The van der Waals surface area contributed by atoms with Crippen molar-refractivity contribution in [3.63, 3.8) is 0 Å². The van der Waals surface area contributed by atoms with E-state index in [1.807, 2.05) is 0 Å². The van der Waals surface area contributed by atoms with Crippen LogP contribution in [0.2, 0.25) is 0 Å². The second-order valence-corrected chi connectivity index (χ2v) is 3.24. The maximum Gasteiger partial charge on any atom is 0.411 e. The molecule has 1 aromatic carbocycles. The Morgan fingerprint density at radius 2 is 2.00 bits per heavy atom. The van der Waals surface area contributed by atoms with Crippen LogP contribution in [0.4, 0.5) is 16.2 Å². The summed E-state index contributed by atoms with van der Waals surface area (Å²) in [5.74, 6) is -3.21. The number of benzene rings is 1. The molecule has 0 fully saturated rings. The van der Waals surface area contributed by atoms with E-state index in [0.29, 0.717) is 0 Å². The molecular formula is C10H8N2O7. The Hall–Kier alpha value is -2.97. The molecule has 0 bridgehead atoms. The summed E-state index contributed by atoms with van der Waals surface area (Å²) in [6, 6.07) is 2.97. The zero-order chi connectivity index (χ0) is 14.6. The number of anilines is 1. The van der Waals surface area contributed by atoms with Crippen LogP contribution in [-0.2, 0) is 9.53 Å². The van der Waals surface area contributed by atoms with Crippen LogP contribution in [-0.4, -0.2) is 35.0 Å². The van der Waals surface area contributed by atoms with Crippen molar-refractivity contribution in [3.8, 4) is 0 Å². The number of carboxylic acids is 1. The normalized spacial score (nSPS) is 9.53. The lowest BCUT2D eigenvalue weighted by atomic mass is 10.1. The Labute approximate surface area is 105 Å². The molecule has 19 heavy (non-hydrogen) atoms. The van der Waals surface area contributed by atoms with E-state index in [0.717, 1.165) is 25.3 Å². The molecule has 1 rings (SSSR count). The third-order valence-corrected chi connectivity index (χ3v) is 2.07. The molecule has 0 aliphatic rings. The number of nitrogens with one attached hydrogen (secondary N) is 1. The minimum Gasteiger partial charge on any atom is -0.475 e. The van der Waals surface area contributed by atoms with E-state index in [1.54, 1.807) is 0 Å². The highest BCUT2D eigenvalue weighted by Crippen LogP contribution is 2.24. The summed E-state index contributed by atoms with van der Waals surface area (Å²) in [6.45, 7) is 0. The van der Waals surface area contributed by atoms with Gasteiger partial charge in [-0.15, -0.1) is 0 Å². The molecule has 0 saturated heterocycles. The van der Waals surface area contributed by atoms with E-state index < -0.39 is 34.0 Å². The topological polar surface area (TPSA) is 136 Å². The van der Waals surface area contributed by atoms with E-state index in [4.69, 9.17) is 5.11 Å². The highest BCUT2D eigenvalue weighted by atomic mass is 16.6. The predicted octanol–water partition coefficient (Wildman–Crippen LogP) is 1.04. The summed E-state index contributed by atoms with van der Waals surface area (Å²) in [4.78, 5) is 42.5. The fraction of sp³-hybridized carbons (Fsp3) is 0.100. The van der Waals surface area contributed by atoms with Gasteiger partial charge in [-0.25, -0.2) is 9.59 Å². The van der Waals surface area contributed by atoms with Gasteiger partial charge in [0.1, 0.15) is 5.56 Å². The number of carbonyl (C=O) groups excluding carboxylic acids is 2. The first-order valence-electron chi connectivity index (χ1n) is 4.78. The summed E-state index contributed by atoms with van der Waals surface area (Å²) < 4.78 is 4.29. The molecule has 100 valence electrons. The Morgan fingerprint density at radius 3 is 2.47 bits per heavy atom. The van der Waals surface area contributed by atoms with Crippen molar-refractivity contribution >= 4 is 29.2 Å². The van der Waals surface area contributed by atoms with Crippen molar-refractivity contribution in [2.45, 2.75) is 0 Å². The maximum absolute atomic E-state index is 11.2. The predicted molar refractivity (Wildman–Crippen MR) is 61.1 cm³/mol. The number of ketones is 1. The number of nitro benzene ring substituents is 1. The minimum atomic E-state index is -1.81. The number of carboxylic acid groups (broad SMARTS) is 1. The molecule has 0 radical (unpaired) electrons. The number of Topliss-reactive ketones (excluding diaryl/α,β-unsaturated/α-hetero) is 1. The van der Waals surface area contributed by atoms with Gasteiger partial charge in [0.25, 0.3) is 11.5 Å². The molecule has 0 saturated carbocycles. The third-order valence-electron chi connectivity index (χ3n) is 2.07. The highest BCUT2D eigenvalue weighted by molar-refractivity contribution is 6.40. The number of hydrogen-bond acceptors (Lipinski definition) is 6. The number of methoxy groups -OCH3 is 1. The van der Waals surface area contributed by atoms with Crippen LogP contribution in [0.25, 0.3) is 0 Å². The third kappa shape index (κ3) is 3.25. The summed E-state index contributed by atoms with van der Waals surface area (Å²) in [5, 5.41) is 21.5. The van der Waals surface area contributed by atoms with Gasteiger partial charge in [0.2, 0.25) is 0 Å². The van der Waals surface area contributed by atoms with Gasteiger partial charge in [-0.05, 0) is 12.1 Å². The smallest absolute Gasteiger partial charge is 0.411 e. The first-order valence-corrected chi connectivity index (χ1v) is 4.78. The van der Waals surface area contributed by atoms with Gasteiger partial charge in [-0.1, -0.05) is 0 Å². The zero-order valence-corrected chi connectivity index (χ0v) is 9.58. The van der Waals surface area contributed by atoms with E-state index in [9.17, 15) is 24.5 Å². The molecule has 1 amide bonds. The van der Waals surface area contributed by atoms with Gasteiger partial charge >= 0.3 is 12.1 Å². The lowest BCUT2D eigenvalue weighted by Crippen LogP contribution is -2.16. The highest BCUT2D eigenvalue weighted by Gasteiger charge is 2.25. The molecule has 0 aromatic heterocycles. The Morgan fingerprint density at radius 1 is 1.37 bits per heavy atom. The van der Waals surface area contributed by atoms with Crippen molar-refractivity contribution in [2.75, 3.05) is 12.4 Å². The lowest BCUT2D eigenvalue weighted by Gasteiger charge is -2.05. The number of ether oxygens (including phenoxy) is 1. The number of amides is 1. The van der Waals surface area contributed by atoms with Crippen LogP contribution in [0.1, 0.15) is 10.4 Å². The van der Waals surface area contributed by atoms with E-state index in [1.165, 1.54) is 0 Å². The molecule has 0 atom stereocenters. The van der Waals surface area contributed by atoms with Crippen LogP contribution >= 0.6 is 0 Å². The number of carbonyl (C=O) groups is 3. The SMILES string of the molecule is COC(=O)Nc1ccc(C(=O)C(=O)O)c([N+](=O)[O-])c1. The van der Waals surface area contributed by atoms with Crippen molar-refractivity contribution in [3.05, 3.63) is 33.9 Å².